The Bertz CT molecular complexity index is 1390. The van der Waals surface area contributed by atoms with Crippen LogP contribution in [0.2, 0.25) is 5.02 Å². The average Bonchev–Trinajstić information content (AvgIpc) is 3.58. The molecule has 0 atom stereocenters. The van der Waals surface area contributed by atoms with Crippen LogP contribution in [-0.2, 0) is 16.6 Å². The van der Waals surface area contributed by atoms with E-state index < -0.39 is 10.0 Å². The molecule has 3 heterocycles. The van der Waals surface area contributed by atoms with Gasteiger partial charge in [0.2, 0.25) is 0 Å². The first kappa shape index (κ1) is 23.3. The number of aromatic nitrogens is 4. The van der Waals surface area contributed by atoms with Crippen molar-refractivity contribution in [3.8, 4) is 0 Å². The molecule has 0 spiro atoms. The molecule has 1 N–H and O–H groups in total. The number of benzene rings is 2. The zero-order valence-corrected chi connectivity index (χ0v) is 20.5. The van der Waals surface area contributed by atoms with Crippen LogP contribution in [0.5, 0.6) is 0 Å². The SMILES string of the molecule is O=S(=O)(c1cnc[nH]1)N1CCN(c2ccc(/C=C/c3cc(Cl)cc(Cn4ccnc4)c3)cc2)CC1. The van der Waals surface area contributed by atoms with E-state index in [1.807, 2.05) is 22.9 Å². The molecule has 1 saturated heterocycles. The molecule has 0 bridgehead atoms. The zero-order valence-electron chi connectivity index (χ0n) is 19.0. The number of imidazole rings is 2. The van der Waals surface area contributed by atoms with E-state index in [1.165, 1.54) is 16.8 Å². The summed E-state index contributed by atoms with van der Waals surface area (Å²) in [7, 11) is -3.52. The van der Waals surface area contributed by atoms with Gasteiger partial charge in [0.1, 0.15) is 0 Å². The standard InChI is InChI=1S/C25H25ClN6O2S/c26-23-14-21(13-22(15-23)17-30-8-7-27-19-30)2-1-20-3-5-24(6-4-20)31-9-11-32(12-10-31)35(33,34)25-16-28-18-29-25/h1-8,13-16,18-19H,9-12,17H2,(H,28,29)/b2-1+. The third-order valence-corrected chi connectivity index (χ3v) is 8.00. The maximum absolute atomic E-state index is 12.7. The van der Waals surface area contributed by atoms with E-state index in [9.17, 15) is 8.42 Å². The van der Waals surface area contributed by atoms with Crippen LogP contribution in [0, 0.1) is 0 Å². The fraction of sp³-hybridized carbons (Fsp3) is 0.200. The molecule has 2 aromatic carbocycles. The number of anilines is 1. The van der Waals surface area contributed by atoms with E-state index in [0.717, 1.165) is 22.4 Å². The van der Waals surface area contributed by atoms with E-state index in [0.29, 0.717) is 37.7 Å². The van der Waals surface area contributed by atoms with Gasteiger partial charge < -0.3 is 14.5 Å². The van der Waals surface area contributed by atoms with Crippen molar-refractivity contribution in [3.05, 3.63) is 95.4 Å². The minimum Gasteiger partial charge on any atom is -0.369 e. The second-order valence-corrected chi connectivity index (χ2v) is 10.7. The van der Waals surface area contributed by atoms with Crippen LogP contribution >= 0.6 is 11.6 Å². The number of piperazine rings is 1. The van der Waals surface area contributed by atoms with Gasteiger partial charge in [0.15, 0.2) is 5.03 Å². The lowest BCUT2D eigenvalue weighted by atomic mass is 10.1. The Kier molecular flexibility index (Phi) is 6.72. The lowest BCUT2D eigenvalue weighted by molar-refractivity contribution is 0.383. The smallest absolute Gasteiger partial charge is 0.260 e. The van der Waals surface area contributed by atoms with Gasteiger partial charge >= 0.3 is 0 Å². The molecule has 35 heavy (non-hydrogen) atoms. The normalized spacial score (nSPS) is 15.2. The number of hydrogen-bond donors (Lipinski definition) is 1. The summed E-state index contributed by atoms with van der Waals surface area (Å²) < 4.78 is 28.8. The fourth-order valence-electron chi connectivity index (χ4n) is 4.15. The Morgan fingerprint density at radius 2 is 1.74 bits per heavy atom. The molecule has 0 unspecified atom stereocenters. The topological polar surface area (TPSA) is 87.1 Å². The first-order valence-electron chi connectivity index (χ1n) is 11.2. The predicted molar refractivity (Wildman–Crippen MR) is 138 cm³/mol. The van der Waals surface area contributed by atoms with Gasteiger partial charge in [-0.25, -0.2) is 18.4 Å². The highest BCUT2D eigenvalue weighted by atomic mass is 35.5. The van der Waals surface area contributed by atoms with Crippen molar-refractivity contribution in [3.63, 3.8) is 0 Å². The Balaban J connectivity index is 1.21. The molecular weight excluding hydrogens is 484 g/mol. The average molecular weight is 509 g/mol. The van der Waals surface area contributed by atoms with Crippen LogP contribution in [0.1, 0.15) is 16.7 Å². The number of hydrogen-bond acceptors (Lipinski definition) is 5. The lowest BCUT2D eigenvalue weighted by Gasteiger charge is -2.35. The van der Waals surface area contributed by atoms with Crippen molar-refractivity contribution in [2.45, 2.75) is 11.6 Å². The molecule has 4 aromatic rings. The summed E-state index contributed by atoms with van der Waals surface area (Å²) in [6, 6.07) is 14.3. The van der Waals surface area contributed by atoms with Gasteiger partial charge in [-0.3, -0.25) is 0 Å². The quantitative estimate of drug-likeness (QED) is 0.381. The number of nitrogens with zero attached hydrogens (tertiary/aromatic N) is 5. The largest absolute Gasteiger partial charge is 0.369 e. The first-order chi connectivity index (χ1) is 17.0. The summed E-state index contributed by atoms with van der Waals surface area (Å²) in [5.74, 6) is 0. The van der Waals surface area contributed by atoms with E-state index in [1.54, 1.807) is 12.5 Å². The van der Waals surface area contributed by atoms with Gasteiger partial charge in [0, 0.05) is 55.8 Å². The number of H-pyrrole nitrogens is 1. The molecule has 1 fully saturated rings. The third kappa shape index (κ3) is 5.48. The number of sulfonamides is 1. The van der Waals surface area contributed by atoms with E-state index in [4.69, 9.17) is 11.6 Å². The minimum absolute atomic E-state index is 0.135. The molecule has 1 aliphatic rings. The van der Waals surface area contributed by atoms with Gasteiger partial charge in [-0.05, 0) is 47.0 Å². The van der Waals surface area contributed by atoms with Crippen molar-refractivity contribution in [2.75, 3.05) is 31.1 Å². The van der Waals surface area contributed by atoms with Crippen molar-refractivity contribution >= 4 is 39.5 Å². The molecular formula is C25H25ClN6O2S. The van der Waals surface area contributed by atoms with Crippen LogP contribution in [0.3, 0.4) is 0 Å². The summed E-state index contributed by atoms with van der Waals surface area (Å²) in [5, 5.41) is 0.835. The lowest BCUT2D eigenvalue weighted by Crippen LogP contribution is -2.48. The number of aromatic amines is 1. The van der Waals surface area contributed by atoms with Crippen LogP contribution in [-0.4, -0.2) is 58.4 Å². The number of halogens is 1. The molecule has 0 saturated carbocycles. The number of nitrogens with one attached hydrogen (secondary N) is 1. The highest BCUT2D eigenvalue weighted by Gasteiger charge is 2.29. The van der Waals surface area contributed by atoms with E-state index in [-0.39, 0.29) is 5.03 Å². The summed E-state index contributed by atoms with van der Waals surface area (Å²) >= 11 is 6.34. The molecule has 0 aliphatic carbocycles. The Morgan fingerprint density at radius 1 is 0.971 bits per heavy atom. The highest BCUT2D eigenvalue weighted by molar-refractivity contribution is 7.89. The van der Waals surface area contributed by atoms with Gasteiger partial charge in [0.05, 0.1) is 18.9 Å². The fourth-order valence-corrected chi connectivity index (χ4v) is 5.74. The van der Waals surface area contributed by atoms with Gasteiger partial charge in [-0.1, -0.05) is 35.9 Å². The Hall–Kier alpha value is -3.40. The van der Waals surface area contributed by atoms with Crippen LogP contribution < -0.4 is 4.90 Å². The molecule has 0 amide bonds. The molecule has 180 valence electrons. The summed E-state index contributed by atoms with van der Waals surface area (Å²) in [5.41, 5.74) is 4.29. The Morgan fingerprint density at radius 3 is 2.43 bits per heavy atom. The maximum Gasteiger partial charge on any atom is 0.260 e. The van der Waals surface area contributed by atoms with Crippen molar-refractivity contribution in [2.24, 2.45) is 0 Å². The minimum atomic E-state index is -3.52. The monoisotopic (exact) mass is 508 g/mol. The zero-order chi connectivity index (χ0) is 24.3. The van der Waals surface area contributed by atoms with Crippen LogP contribution in [0.4, 0.5) is 5.69 Å². The van der Waals surface area contributed by atoms with E-state index in [2.05, 4.69) is 62.3 Å². The highest BCUT2D eigenvalue weighted by Crippen LogP contribution is 2.22. The third-order valence-electron chi connectivity index (χ3n) is 5.96. The van der Waals surface area contributed by atoms with Crippen molar-refractivity contribution < 1.29 is 8.42 Å². The van der Waals surface area contributed by atoms with Crippen LogP contribution in [0.15, 0.2) is 78.7 Å². The second kappa shape index (κ2) is 10.1. The summed E-state index contributed by atoms with van der Waals surface area (Å²) in [4.78, 5) is 12.8. The van der Waals surface area contributed by atoms with Crippen molar-refractivity contribution in [1.82, 2.24) is 23.8 Å². The van der Waals surface area contributed by atoms with Gasteiger partial charge in [-0.15, -0.1) is 0 Å². The summed E-state index contributed by atoms with van der Waals surface area (Å²) in [6.45, 7) is 2.83. The van der Waals surface area contributed by atoms with Gasteiger partial charge in [-0.2, -0.15) is 4.31 Å². The molecule has 8 nitrogen and oxygen atoms in total. The molecule has 2 aromatic heterocycles. The molecule has 1 aliphatic heterocycles. The molecule has 0 radical (unpaired) electrons. The number of rotatable bonds is 7. The second-order valence-electron chi connectivity index (χ2n) is 8.36. The predicted octanol–water partition coefficient (Wildman–Crippen LogP) is 3.99. The molecule has 5 rings (SSSR count). The molecule has 10 heteroatoms. The summed E-state index contributed by atoms with van der Waals surface area (Å²) in [6.07, 6.45) is 12.3. The van der Waals surface area contributed by atoms with Crippen molar-refractivity contribution in [1.29, 1.82) is 0 Å². The first-order valence-corrected chi connectivity index (χ1v) is 13.1. The van der Waals surface area contributed by atoms with Crippen LogP contribution in [0.25, 0.3) is 12.2 Å². The maximum atomic E-state index is 12.7. The van der Waals surface area contributed by atoms with Gasteiger partial charge in [0.25, 0.3) is 10.0 Å². The Labute approximate surface area is 209 Å². The van der Waals surface area contributed by atoms with E-state index >= 15 is 0 Å².